The molecule has 0 heterocycles. The van der Waals surface area contributed by atoms with E-state index in [1.54, 1.807) is 0 Å². The monoisotopic (exact) mass is 415 g/mol. The van der Waals surface area contributed by atoms with Crippen LogP contribution in [0.2, 0.25) is 0 Å². The van der Waals surface area contributed by atoms with Crippen molar-refractivity contribution in [3.05, 3.63) is 46.4 Å². The molecule has 24 heavy (non-hydrogen) atoms. The number of ether oxygens (including phenoxy) is 2. The molecule has 1 amide bonds. The summed E-state index contributed by atoms with van der Waals surface area (Å²) < 4.78 is 40.5. The fraction of sp³-hybridized carbons (Fsp3) is 0.133. The van der Waals surface area contributed by atoms with Gasteiger partial charge in [0, 0.05) is 6.07 Å². The summed E-state index contributed by atoms with van der Waals surface area (Å²) in [6.07, 6.45) is 0. The highest BCUT2D eigenvalue weighted by Gasteiger charge is 2.22. The number of amides is 1. The Morgan fingerprint density at radius 1 is 1.04 bits per heavy atom. The van der Waals surface area contributed by atoms with E-state index in [-0.39, 0.29) is 16.2 Å². The van der Waals surface area contributed by atoms with Crippen LogP contribution in [0.15, 0.2) is 45.8 Å². The van der Waals surface area contributed by atoms with E-state index < -0.39 is 16.0 Å². The average molecular weight is 416 g/mol. The smallest absolute Gasteiger partial charge is 0.339 e. The Hall–Kier alpha value is -2.26. The predicted molar refractivity (Wildman–Crippen MR) is 90.0 cm³/mol. The maximum absolute atomic E-state index is 12.5. The number of nitrogens with two attached hydrogens (primary N) is 1. The van der Waals surface area contributed by atoms with E-state index in [0.29, 0.717) is 16.0 Å². The normalized spacial score (nSPS) is 11.0. The highest BCUT2D eigenvalue weighted by atomic mass is 79.9. The minimum atomic E-state index is -4.19. The Morgan fingerprint density at radius 2 is 1.75 bits per heavy atom. The summed E-state index contributed by atoms with van der Waals surface area (Å²) in [5, 5.41) is 0. The standard InChI is InChI=1S/C15H14BrNO6S/c1-21-9-3-5-11(15(17)18)14(7-9)23-24(19,20)10-4-6-13(22-2)12(16)8-10/h3-8H,1-2H3,(H2,17,18). The third kappa shape index (κ3) is 3.80. The van der Waals surface area contributed by atoms with Crippen LogP contribution < -0.4 is 19.4 Å². The van der Waals surface area contributed by atoms with Crippen molar-refractivity contribution in [3.8, 4) is 17.2 Å². The van der Waals surface area contributed by atoms with Crippen molar-refractivity contribution in [1.82, 2.24) is 0 Å². The van der Waals surface area contributed by atoms with Crippen molar-refractivity contribution in [2.75, 3.05) is 14.2 Å². The van der Waals surface area contributed by atoms with E-state index in [2.05, 4.69) is 15.9 Å². The number of primary amides is 1. The van der Waals surface area contributed by atoms with Crippen molar-refractivity contribution in [2.24, 2.45) is 5.73 Å². The Kier molecular flexibility index (Phi) is 5.35. The van der Waals surface area contributed by atoms with Crippen LogP contribution in [0.3, 0.4) is 0 Å². The fourth-order valence-corrected chi connectivity index (χ4v) is 3.53. The van der Waals surface area contributed by atoms with Gasteiger partial charge in [-0.25, -0.2) is 0 Å². The van der Waals surface area contributed by atoms with Gasteiger partial charge in [-0.3, -0.25) is 4.79 Å². The minimum Gasteiger partial charge on any atom is -0.497 e. The maximum atomic E-state index is 12.5. The molecule has 9 heteroatoms. The second-order valence-electron chi connectivity index (χ2n) is 4.56. The summed E-state index contributed by atoms with van der Waals surface area (Å²) in [5.74, 6) is -0.248. The lowest BCUT2D eigenvalue weighted by Crippen LogP contribution is -2.16. The van der Waals surface area contributed by atoms with Crippen molar-refractivity contribution < 1.29 is 26.9 Å². The molecule has 7 nitrogen and oxygen atoms in total. The van der Waals surface area contributed by atoms with Gasteiger partial charge in [-0.15, -0.1) is 0 Å². The molecule has 0 saturated heterocycles. The van der Waals surface area contributed by atoms with Crippen LogP contribution in [0.25, 0.3) is 0 Å². The Balaban J connectivity index is 2.45. The second-order valence-corrected chi connectivity index (χ2v) is 6.96. The molecule has 2 aromatic rings. The highest BCUT2D eigenvalue weighted by molar-refractivity contribution is 9.10. The molecular formula is C15H14BrNO6S. The summed E-state index contributed by atoms with van der Waals surface area (Å²) in [7, 11) is -1.33. The van der Waals surface area contributed by atoms with Gasteiger partial charge in [-0.1, -0.05) is 0 Å². The minimum absolute atomic E-state index is 0.0769. The molecule has 2 N–H and O–H groups in total. The van der Waals surface area contributed by atoms with Crippen LogP contribution in [0, 0.1) is 0 Å². The van der Waals surface area contributed by atoms with E-state index in [4.69, 9.17) is 19.4 Å². The number of methoxy groups -OCH3 is 2. The number of benzene rings is 2. The van der Waals surface area contributed by atoms with E-state index in [0.717, 1.165) is 0 Å². The number of rotatable bonds is 6. The van der Waals surface area contributed by atoms with Crippen molar-refractivity contribution in [3.63, 3.8) is 0 Å². The zero-order valence-electron chi connectivity index (χ0n) is 12.8. The molecule has 0 aliphatic heterocycles. The van der Waals surface area contributed by atoms with Crippen LogP contribution in [-0.4, -0.2) is 28.5 Å². The van der Waals surface area contributed by atoms with Crippen molar-refractivity contribution >= 4 is 32.0 Å². The Labute approximate surface area is 147 Å². The number of carbonyl (C=O) groups is 1. The molecule has 0 spiro atoms. The van der Waals surface area contributed by atoms with Crippen molar-refractivity contribution in [1.29, 1.82) is 0 Å². The molecular weight excluding hydrogens is 402 g/mol. The molecule has 128 valence electrons. The molecule has 2 rings (SSSR count). The molecule has 0 atom stereocenters. The lowest BCUT2D eigenvalue weighted by molar-refractivity contribution is 0.0999. The number of hydrogen-bond acceptors (Lipinski definition) is 6. The molecule has 0 aliphatic carbocycles. The van der Waals surface area contributed by atoms with Crippen molar-refractivity contribution in [2.45, 2.75) is 4.90 Å². The van der Waals surface area contributed by atoms with E-state index in [9.17, 15) is 13.2 Å². The third-order valence-corrected chi connectivity index (χ3v) is 4.92. The summed E-state index contributed by atoms with van der Waals surface area (Å²) in [5.41, 5.74) is 5.17. The first-order valence-corrected chi connectivity index (χ1v) is 8.74. The molecule has 0 aromatic heterocycles. The van der Waals surface area contributed by atoms with Crippen LogP contribution in [0.5, 0.6) is 17.2 Å². The molecule has 2 aromatic carbocycles. The van der Waals surface area contributed by atoms with E-state index in [1.807, 2.05) is 0 Å². The van der Waals surface area contributed by atoms with Gasteiger partial charge < -0.3 is 19.4 Å². The number of carbonyl (C=O) groups excluding carboxylic acids is 1. The van der Waals surface area contributed by atoms with Crippen LogP contribution >= 0.6 is 15.9 Å². The van der Waals surface area contributed by atoms with Gasteiger partial charge in [0.05, 0.1) is 24.3 Å². The largest absolute Gasteiger partial charge is 0.497 e. The second kappa shape index (κ2) is 7.10. The first kappa shape index (κ1) is 18.1. The van der Waals surface area contributed by atoms with Crippen LogP contribution in [0.1, 0.15) is 10.4 Å². The molecule has 0 aliphatic rings. The topological polar surface area (TPSA) is 105 Å². The molecule has 0 saturated carbocycles. The maximum Gasteiger partial charge on any atom is 0.339 e. The zero-order valence-corrected chi connectivity index (χ0v) is 15.2. The quantitative estimate of drug-likeness (QED) is 0.725. The fourth-order valence-electron chi connectivity index (χ4n) is 1.87. The van der Waals surface area contributed by atoms with E-state index >= 15 is 0 Å². The molecule has 0 bridgehead atoms. The molecule has 0 fully saturated rings. The van der Waals surface area contributed by atoms with Gasteiger partial charge in [-0.2, -0.15) is 8.42 Å². The zero-order chi connectivity index (χ0) is 17.9. The highest BCUT2D eigenvalue weighted by Crippen LogP contribution is 2.31. The van der Waals surface area contributed by atoms with Crippen LogP contribution in [0.4, 0.5) is 0 Å². The lowest BCUT2D eigenvalue weighted by Gasteiger charge is -2.12. The number of hydrogen-bond donors (Lipinski definition) is 1. The van der Waals surface area contributed by atoms with Gasteiger partial charge in [-0.05, 0) is 46.3 Å². The molecule has 0 unspecified atom stereocenters. The van der Waals surface area contributed by atoms with E-state index in [1.165, 1.54) is 50.6 Å². The first-order valence-electron chi connectivity index (χ1n) is 6.54. The summed E-state index contributed by atoms with van der Waals surface area (Å²) >= 11 is 3.21. The van der Waals surface area contributed by atoms with Gasteiger partial charge in [0.1, 0.15) is 16.4 Å². The third-order valence-electron chi connectivity index (χ3n) is 3.07. The van der Waals surface area contributed by atoms with Gasteiger partial charge in [0.25, 0.3) is 5.91 Å². The van der Waals surface area contributed by atoms with Gasteiger partial charge in [0.15, 0.2) is 5.75 Å². The summed E-state index contributed by atoms with van der Waals surface area (Å²) in [4.78, 5) is 11.3. The average Bonchev–Trinajstić information content (AvgIpc) is 2.53. The van der Waals surface area contributed by atoms with Gasteiger partial charge >= 0.3 is 10.1 Å². The van der Waals surface area contributed by atoms with Gasteiger partial charge in [0.2, 0.25) is 0 Å². The first-order chi connectivity index (χ1) is 11.3. The number of halogens is 1. The van der Waals surface area contributed by atoms with Crippen LogP contribution in [-0.2, 0) is 10.1 Å². The molecule has 0 radical (unpaired) electrons. The lowest BCUT2D eigenvalue weighted by atomic mass is 10.2. The summed E-state index contributed by atoms with van der Waals surface area (Å²) in [6.45, 7) is 0. The summed E-state index contributed by atoms with van der Waals surface area (Å²) in [6, 6.07) is 8.21. The SMILES string of the molecule is COc1ccc(C(N)=O)c(OS(=O)(=O)c2ccc(OC)c(Br)c2)c1. The predicted octanol–water partition coefficient (Wildman–Crippen LogP) is 2.33. The Bertz CT molecular complexity index is 882. The Morgan fingerprint density at radius 3 is 2.29 bits per heavy atom.